The molecule has 0 saturated carbocycles. The monoisotopic (exact) mass is 786 g/mol. The summed E-state index contributed by atoms with van der Waals surface area (Å²) in [5, 5.41) is 1.70. The van der Waals surface area contributed by atoms with Crippen molar-refractivity contribution in [3.63, 3.8) is 0 Å². The Morgan fingerprint density at radius 3 is 1.57 bits per heavy atom. The maximum absolute atomic E-state index is 13.9. The lowest BCUT2D eigenvalue weighted by Crippen LogP contribution is -2.68. The highest BCUT2D eigenvalue weighted by Gasteiger charge is 2.52. The molecule has 0 aromatic heterocycles. The number of carbonyl (C=O) groups excluding carboxylic acids is 3. The minimum absolute atomic E-state index is 0.00352. The van der Waals surface area contributed by atoms with Gasteiger partial charge < -0.3 is 18.6 Å². The summed E-state index contributed by atoms with van der Waals surface area (Å²) in [6.07, 6.45) is 14.0. The molecule has 0 aliphatic rings. The van der Waals surface area contributed by atoms with Crippen LogP contribution in [0.4, 0.5) is 0 Å². The third-order valence-electron chi connectivity index (χ3n) is 10.5. The average Bonchev–Trinajstić information content (AvgIpc) is 3.21. The summed E-state index contributed by atoms with van der Waals surface area (Å²) >= 11 is 0. The lowest BCUT2D eigenvalue weighted by atomic mass is 9.94. The number of hydrogen-bond acceptors (Lipinski definition) is 7. The van der Waals surface area contributed by atoms with Gasteiger partial charge in [0.05, 0.1) is 19.1 Å². The first-order valence-electron chi connectivity index (χ1n) is 21.4. The molecule has 8 heteroatoms. The molecule has 3 aromatic carbocycles. The smallest absolute Gasteiger partial charge is 0.334 e. The molecular formula is C48H70O7Si. The Kier molecular flexibility index (Phi) is 21.8. The van der Waals surface area contributed by atoms with Crippen molar-refractivity contribution in [3.05, 3.63) is 96.6 Å². The van der Waals surface area contributed by atoms with Gasteiger partial charge in [-0.3, -0.25) is 9.59 Å². The SMILES string of the molecule is CCCCCCCCC(CCCCCC)C(=O)OCCCCOC(=O)CCC(O[Si](c1ccccc1)(c1ccccc1)C(C)(C)C)C(=O)OCc1ccccc1. The molecule has 0 bridgehead atoms. The molecule has 0 spiro atoms. The van der Waals surface area contributed by atoms with Gasteiger partial charge in [0.1, 0.15) is 12.7 Å². The highest BCUT2D eigenvalue weighted by molar-refractivity contribution is 6.99. The van der Waals surface area contributed by atoms with Gasteiger partial charge in [-0.2, -0.15) is 0 Å². The van der Waals surface area contributed by atoms with E-state index in [0.29, 0.717) is 19.4 Å². The van der Waals surface area contributed by atoms with Gasteiger partial charge in [-0.05, 0) is 53.1 Å². The van der Waals surface area contributed by atoms with Crippen LogP contribution >= 0.6 is 0 Å². The van der Waals surface area contributed by atoms with E-state index in [1.165, 1.54) is 44.9 Å². The summed E-state index contributed by atoms with van der Waals surface area (Å²) in [5.74, 6) is -1.02. The van der Waals surface area contributed by atoms with E-state index in [4.69, 9.17) is 18.6 Å². The van der Waals surface area contributed by atoms with Gasteiger partial charge in [-0.15, -0.1) is 0 Å². The first-order valence-corrected chi connectivity index (χ1v) is 23.3. The molecule has 56 heavy (non-hydrogen) atoms. The number of benzene rings is 3. The first-order chi connectivity index (χ1) is 27.1. The largest absolute Gasteiger partial charge is 0.466 e. The van der Waals surface area contributed by atoms with Crippen LogP contribution in [-0.4, -0.2) is 45.5 Å². The minimum atomic E-state index is -3.13. The first kappa shape index (κ1) is 46.6. The summed E-state index contributed by atoms with van der Waals surface area (Å²) in [4.78, 5) is 40.1. The number of esters is 3. The molecule has 3 aromatic rings. The van der Waals surface area contributed by atoms with Gasteiger partial charge in [0.25, 0.3) is 8.32 Å². The molecule has 3 rings (SSSR count). The van der Waals surface area contributed by atoms with Crippen LogP contribution in [0.25, 0.3) is 0 Å². The molecule has 0 N–H and O–H groups in total. The zero-order valence-corrected chi connectivity index (χ0v) is 36.1. The Hall–Kier alpha value is -3.75. The second-order valence-corrected chi connectivity index (χ2v) is 20.4. The topological polar surface area (TPSA) is 88.1 Å². The van der Waals surface area contributed by atoms with Crippen molar-refractivity contribution in [1.82, 2.24) is 0 Å². The van der Waals surface area contributed by atoms with Gasteiger partial charge in [0, 0.05) is 6.42 Å². The standard InChI is InChI=1S/C48H70O7Si/c1-6-8-10-12-13-20-30-41(29-19-11-9-7-2)46(50)53-38-26-25-37-52-45(49)36-35-44(47(51)54-39-40-27-17-14-18-28-40)55-56(48(3,4)5,42-31-21-15-22-32-42)43-33-23-16-24-34-43/h14-18,21-24,27-28,31-34,41,44H,6-13,19-20,25-26,29-30,35-39H2,1-5H3. The maximum Gasteiger partial charge on any atom is 0.334 e. The second kappa shape index (κ2) is 26.2. The van der Waals surface area contributed by atoms with E-state index in [0.717, 1.165) is 48.0 Å². The van der Waals surface area contributed by atoms with Gasteiger partial charge in [0.2, 0.25) is 0 Å². The minimum Gasteiger partial charge on any atom is -0.466 e. The molecule has 308 valence electrons. The van der Waals surface area contributed by atoms with Gasteiger partial charge in [0.15, 0.2) is 0 Å². The number of unbranched alkanes of at least 4 members (excludes halogenated alkanes) is 9. The van der Waals surface area contributed by atoms with E-state index in [9.17, 15) is 14.4 Å². The Bertz CT molecular complexity index is 1470. The number of carbonyl (C=O) groups is 3. The van der Waals surface area contributed by atoms with Crippen LogP contribution in [0.3, 0.4) is 0 Å². The number of ether oxygens (including phenoxy) is 3. The van der Waals surface area contributed by atoms with E-state index in [-0.39, 0.29) is 43.0 Å². The van der Waals surface area contributed by atoms with Crippen molar-refractivity contribution >= 4 is 36.6 Å². The molecule has 0 aliphatic heterocycles. The van der Waals surface area contributed by atoms with Crippen LogP contribution in [0.1, 0.15) is 143 Å². The van der Waals surface area contributed by atoms with Crippen LogP contribution in [-0.2, 0) is 39.6 Å². The molecule has 0 fully saturated rings. The van der Waals surface area contributed by atoms with Crippen LogP contribution in [0.2, 0.25) is 5.04 Å². The molecule has 0 radical (unpaired) electrons. The van der Waals surface area contributed by atoms with Crippen molar-refractivity contribution in [2.45, 2.75) is 155 Å². The normalized spacial score (nSPS) is 12.8. The van der Waals surface area contributed by atoms with Crippen molar-refractivity contribution in [2.24, 2.45) is 5.92 Å². The van der Waals surface area contributed by atoms with Crippen molar-refractivity contribution < 1.29 is 33.0 Å². The van der Waals surface area contributed by atoms with Crippen LogP contribution < -0.4 is 10.4 Å². The Balaban J connectivity index is 1.60. The molecule has 0 aliphatic carbocycles. The summed E-state index contributed by atoms with van der Waals surface area (Å²) in [6.45, 7) is 11.5. The summed E-state index contributed by atoms with van der Waals surface area (Å²) < 4.78 is 24.4. The molecule has 7 nitrogen and oxygen atoms in total. The fourth-order valence-corrected chi connectivity index (χ4v) is 12.0. The molecular weight excluding hydrogens is 717 g/mol. The van der Waals surface area contributed by atoms with Crippen molar-refractivity contribution in [1.29, 1.82) is 0 Å². The number of rotatable bonds is 28. The summed E-state index contributed by atoms with van der Waals surface area (Å²) in [7, 11) is -3.13. The predicted octanol–water partition coefficient (Wildman–Crippen LogP) is 10.7. The summed E-state index contributed by atoms with van der Waals surface area (Å²) in [5.41, 5.74) is 0.871. The molecule has 0 saturated heterocycles. The van der Waals surface area contributed by atoms with Crippen molar-refractivity contribution in [2.75, 3.05) is 13.2 Å². The van der Waals surface area contributed by atoms with Crippen LogP contribution in [0.15, 0.2) is 91.0 Å². The van der Waals surface area contributed by atoms with Gasteiger partial charge in [-0.25, -0.2) is 4.79 Å². The Labute approximate surface area is 339 Å². The zero-order valence-electron chi connectivity index (χ0n) is 35.1. The molecule has 0 amide bonds. The highest BCUT2D eigenvalue weighted by Crippen LogP contribution is 2.38. The predicted molar refractivity (Wildman–Crippen MR) is 229 cm³/mol. The molecule has 2 atom stereocenters. The van der Waals surface area contributed by atoms with Crippen LogP contribution in [0.5, 0.6) is 0 Å². The lowest BCUT2D eigenvalue weighted by Gasteiger charge is -2.44. The third-order valence-corrected chi connectivity index (χ3v) is 15.6. The third kappa shape index (κ3) is 16.0. The average molecular weight is 787 g/mol. The number of hydrogen-bond donors (Lipinski definition) is 0. The maximum atomic E-state index is 13.9. The van der Waals surface area contributed by atoms with E-state index >= 15 is 0 Å². The van der Waals surface area contributed by atoms with Gasteiger partial charge in [-0.1, -0.05) is 190 Å². The Morgan fingerprint density at radius 1 is 0.554 bits per heavy atom. The summed E-state index contributed by atoms with van der Waals surface area (Å²) in [6, 6.07) is 29.8. The van der Waals surface area contributed by atoms with Crippen LogP contribution in [0, 0.1) is 5.92 Å². The van der Waals surface area contributed by atoms with Crippen molar-refractivity contribution in [3.8, 4) is 0 Å². The lowest BCUT2D eigenvalue weighted by molar-refractivity contribution is -0.155. The van der Waals surface area contributed by atoms with E-state index in [1.807, 2.05) is 66.7 Å². The van der Waals surface area contributed by atoms with E-state index in [2.05, 4.69) is 58.9 Å². The van der Waals surface area contributed by atoms with E-state index in [1.54, 1.807) is 0 Å². The van der Waals surface area contributed by atoms with Gasteiger partial charge >= 0.3 is 17.9 Å². The van der Waals surface area contributed by atoms with E-state index < -0.39 is 26.4 Å². The zero-order chi connectivity index (χ0) is 40.5. The quantitative estimate of drug-likeness (QED) is 0.0313. The second-order valence-electron chi connectivity index (χ2n) is 16.1. The molecule has 2 unspecified atom stereocenters. The highest BCUT2D eigenvalue weighted by atomic mass is 28.4. The fourth-order valence-electron chi connectivity index (χ4n) is 7.32. The fraction of sp³-hybridized carbons (Fsp3) is 0.562. The molecule has 0 heterocycles. The Morgan fingerprint density at radius 2 is 1.04 bits per heavy atom.